The largest absolute Gasteiger partial charge is 0.321 e. The topological polar surface area (TPSA) is 43.1 Å². The summed E-state index contributed by atoms with van der Waals surface area (Å²) in [4.78, 5) is 11.8. The summed E-state index contributed by atoms with van der Waals surface area (Å²) < 4.78 is 0. The van der Waals surface area contributed by atoms with Gasteiger partial charge in [0.1, 0.15) is 0 Å². The molecule has 0 aliphatic rings. The average molecular weight is 242 g/mol. The number of carbonyl (C=O) groups excluding carboxylic acids is 1. The van der Waals surface area contributed by atoms with Crippen LogP contribution < -0.4 is 5.73 Å². The lowest BCUT2D eigenvalue weighted by atomic mass is 10.00. The monoisotopic (exact) mass is 241 g/mol. The van der Waals surface area contributed by atoms with Crippen molar-refractivity contribution in [2.75, 3.05) is 0 Å². The third-order valence-electron chi connectivity index (χ3n) is 2.51. The second-order valence-electron chi connectivity index (χ2n) is 3.83. The summed E-state index contributed by atoms with van der Waals surface area (Å²) >= 11 is 0. The third kappa shape index (κ3) is 4.77. The maximum absolute atomic E-state index is 11.8. The normalized spacial score (nSPS) is 11.6. The predicted molar refractivity (Wildman–Crippen MR) is 70.1 cm³/mol. The molecule has 90 valence electrons. The molecule has 0 aromatic heterocycles. The third-order valence-corrected chi connectivity index (χ3v) is 2.51. The Morgan fingerprint density at radius 1 is 1.25 bits per heavy atom. The Morgan fingerprint density at radius 3 is 2.44 bits per heavy atom. The van der Waals surface area contributed by atoms with Gasteiger partial charge in [-0.05, 0) is 6.42 Å². The van der Waals surface area contributed by atoms with Crippen molar-refractivity contribution >= 4 is 18.2 Å². The van der Waals surface area contributed by atoms with E-state index in [2.05, 4.69) is 6.92 Å². The van der Waals surface area contributed by atoms with Crippen molar-refractivity contribution in [3.05, 3.63) is 35.9 Å². The first-order valence-corrected chi connectivity index (χ1v) is 5.60. The number of hydrogen-bond donors (Lipinski definition) is 1. The van der Waals surface area contributed by atoms with Crippen LogP contribution in [0.25, 0.3) is 0 Å². The van der Waals surface area contributed by atoms with Gasteiger partial charge in [-0.25, -0.2) is 0 Å². The first kappa shape index (κ1) is 15.1. The first-order chi connectivity index (χ1) is 7.25. The Bertz CT molecular complexity index is 300. The minimum absolute atomic E-state index is 0. The highest BCUT2D eigenvalue weighted by atomic mass is 35.5. The lowest BCUT2D eigenvalue weighted by Crippen LogP contribution is -2.30. The highest BCUT2D eigenvalue weighted by Crippen LogP contribution is 2.08. The molecular weight excluding hydrogens is 222 g/mol. The van der Waals surface area contributed by atoms with Gasteiger partial charge in [-0.1, -0.05) is 56.5 Å². The summed E-state index contributed by atoms with van der Waals surface area (Å²) in [5.74, 6) is 0.0618. The smallest absolute Gasteiger partial charge is 0.179 e. The molecule has 0 heterocycles. The van der Waals surface area contributed by atoms with Crippen LogP contribution in [0.4, 0.5) is 0 Å². The van der Waals surface area contributed by atoms with Gasteiger partial charge in [-0.2, -0.15) is 0 Å². The molecule has 0 bridgehead atoms. The van der Waals surface area contributed by atoms with Crippen molar-refractivity contribution in [2.45, 2.75) is 38.6 Å². The van der Waals surface area contributed by atoms with E-state index < -0.39 is 0 Å². The lowest BCUT2D eigenvalue weighted by Gasteiger charge is -2.09. The minimum Gasteiger partial charge on any atom is -0.321 e. The standard InChI is InChI=1S/C13H19NO.ClH/c1-2-3-5-10-12(14)13(15)11-8-6-4-7-9-11;/h4,6-9,12H,2-3,5,10,14H2,1H3;1H. The molecule has 3 heteroatoms. The maximum Gasteiger partial charge on any atom is 0.179 e. The molecule has 2 N–H and O–H groups in total. The summed E-state index contributed by atoms with van der Waals surface area (Å²) in [7, 11) is 0. The van der Waals surface area contributed by atoms with Crippen molar-refractivity contribution in [3.63, 3.8) is 0 Å². The van der Waals surface area contributed by atoms with E-state index in [-0.39, 0.29) is 24.2 Å². The van der Waals surface area contributed by atoms with Gasteiger partial charge in [0.25, 0.3) is 0 Å². The summed E-state index contributed by atoms with van der Waals surface area (Å²) in [6, 6.07) is 8.94. The molecule has 0 aliphatic carbocycles. The molecule has 1 rings (SSSR count). The number of benzene rings is 1. The fraction of sp³-hybridized carbons (Fsp3) is 0.462. The van der Waals surface area contributed by atoms with Crippen LogP contribution in [-0.4, -0.2) is 11.8 Å². The maximum atomic E-state index is 11.8. The van der Waals surface area contributed by atoms with Crippen molar-refractivity contribution in [3.8, 4) is 0 Å². The Morgan fingerprint density at radius 2 is 1.88 bits per heavy atom. The summed E-state index contributed by atoms with van der Waals surface area (Å²) in [6.07, 6.45) is 4.14. The second-order valence-corrected chi connectivity index (χ2v) is 3.83. The number of nitrogens with two attached hydrogens (primary N) is 1. The highest BCUT2D eigenvalue weighted by molar-refractivity contribution is 5.99. The SMILES string of the molecule is CCCCCC(N)C(=O)c1ccccc1.Cl. The number of halogens is 1. The fourth-order valence-electron chi connectivity index (χ4n) is 1.56. The Labute approximate surface area is 104 Å². The quantitative estimate of drug-likeness (QED) is 0.614. The van der Waals surface area contributed by atoms with Crippen molar-refractivity contribution in [1.82, 2.24) is 0 Å². The Kier molecular flexibility index (Phi) is 7.86. The Balaban J connectivity index is 0.00000225. The van der Waals surface area contributed by atoms with Gasteiger partial charge in [-0.3, -0.25) is 4.79 Å². The van der Waals surface area contributed by atoms with E-state index in [1.54, 1.807) is 0 Å². The van der Waals surface area contributed by atoms with Crippen LogP contribution in [0.3, 0.4) is 0 Å². The first-order valence-electron chi connectivity index (χ1n) is 5.60. The Hall–Kier alpha value is -0.860. The molecule has 16 heavy (non-hydrogen) atoms. The van der Waals surface area contributed by atoms with Crippen LogP contribution in [0, 0.1) is 0 Å². The van der Waals surface area contributed by atoms with Gasteiger partial charge in [0, 0.05) is 5.56 Å². The highest BCUT2D eigenvalue weighted by Gasteiger charge is 2.14. The zero-order valence-corrected chi connectivity index (χ0v) is 10.5. The molecule has 0 fully saturated rings. The summed E-state index contributed by atoms with van der Waals surface area (Å²) in [6.45, 7) is 2.14. The van der Waals surface area contributed by atoms with Gasteiger partial charge in [0.05, 0.1) is 6.04 Å². The zero-order valence-electron chi connectivity index (χ0n) is 9.69. The van der Waals surface area contributed by atoms with E-state index in [0.29, 0.717) is 0 Å². The molecule has 0 radical (unpaired) electrons. The molecule has 1 aromatic carbocycles. The average Bonchev–Trinajstić information content (AvgIpc) is 2.29. The molecule has 0 aliphatic heterocycles. The molecule has 1 aromatic rings. The van der Waals surface area contributed by atoms with E-state index in [9.17, 15) is 4.79 Å². The number of unbranched alkanes of at least 4 members (excludes halogenated alkanes) is 2. The molecule has 0 saturated heterocycles. The molecule has 0 amide bonds. The van der Waals surface area contributed by atoms with Gasteiger partial charge >= 0.3 is 0 Å². The number of hydrogen-bond acceptors (Lipinski definition) is 2. The molecule has 0 saturated carbocycles. The van der Waals surface area contributed by atoms with Crippen LogP contribution in [-0.2, 0) is 0 Å². The summed E-state index contributed by atoms with van der Waals surface area (Å²) in [5.41, 5.74) is 6.56. The van der Waals surface area contributed by atoms with Crippen LogP contribution in [0.5, 0.6) is 0 Å². The van der Waals surface area contributed by atoms with Gasteiger partial charge in [0.15, 0.2) is 5.78 Å². The van der Waals surface area contributed by atoms with Gasteiger partial charge in [0.2, 0.25) is 0 Å². The van der Waals surface area contributed by atoms with E-state index in [1.165, 1.54) is 0 Å². The lowest BCUT2D eigenvalue weighted by molar-refractivity contribution is 0.0956. The molecule has 1 unspecified atom stereocenters. The molecule has 0 spiro atoms. The molecule has 1 atom stereocenters. The van der Waals surface area contributed by atoms with Crippen LogP contribution >= 0.6 is 12.4 Å². The van der Waals surface area contributed by atoms with Crippen LogP contribution in [0.2, 0.25) is 0 Å². The number of ketones is 1. The molecular formula is C13H20ClNO. The fourth-order valence-corrected chi connectivity index (χ4v) is 1.56. The molecule has 2 nitrogen and oxygen atoms in total. The number of Topliss-reactive ketones (excluding diaryl/α,β-unsaturated/α-hetero) is 1. The van der Waals surface area contributed by atoms with Gasteiger partial charge in [-0.15, -0.1) is 12.4 Å². The van der Waals surface area contributed by atoms with Crippen molar-refractivity contribution in [1.29, 1.82) is 0 Å². The van der Waals surface area contributed by atoms with Crippen LogP contribution in [0.15, 0.2) is 30.3 Å². The number of rotatable bonds is 6. The van der Waals surface area contributed by atoms with E-state index in [0.717, 1.165) is 31.2 Å². The van der Waals surface area contributed by atoms with E-state index >= 15 is 0 Å². The van der Waals surface area contributed by atoms with Gasteiger partial charge < -0.3 is 5.73 Å². The number of carbonyl (C=O) groups is 1. The van der Waals surface area contributed by atoms with Crippen molar-refractivity contribution in [2.24, 2.45) is 5.73 Å². The zero-order chi connectivity index (χ0) is 11.1. The second kappa shape index (κ2) is 8.31. The van der Waals surface area contributed by atoms with Crippen molar-refractivity contribution < 1.29 is 4.79 Å². The van der Waals surface area contributed by atoms with Crippen LogP contribution in [0.1, 0.15) is 43.0 Å². The van der Waals surface area contributed by atoms with E-state index in [1.807, 2.05) is 30.3 Å². The summed E-state index contributed by atoms with van der Waals surface area (Å²) in [5, 5.41) is 0. The van der Waals surface area contributed by atoms with E-state index in [4.69, 9.17) is 5.73 Å². The minimum atomic E-state index is -0.334. The predicted octanol–water partition coefficient (Wildman–Crippen LogP) is 3.20.